The summed E-state index contributed by atoms with van der Waals surface area (Å²) in [6.07, 6.45) is 0. The number of thioether (sulfide) groups is 2. The number of hydrogen-bond acceptors (Lipinski definition) is 7. The number of para-hydroxylation sites is 1. The van der Waals surface area contributed by atoms with Crippen molar-refractivity contribution in [1.29, 1.82) is 0 Å². The lowest BCUT2D eigenvalue weighted by Crippen LogP contribution is -2.19. The van der Waals surface area contributed by atoms with Crippen LogP contribution in [-0.2, 0) is 4.79 Å². The van der Waals surface area contributed by atoms with E-state index < -0.39 is 0 Å². The van der Waals surface area contributed by atoms with Gasteiger partial charge in [-0.05, 0) is 42.2 Å². The molecule has 0 aliphatic rings. The van der Waals surface area contributed by atoms with Crippen LogP contribution in [0.3, 0.4) is 0 Å². The molecule has 0 atom stereocenters. The Kier molecular flexibility index (Phi) is 7.93. The Labute approximate surface area is 185 Å². The van der Waals surface area contributed by atoms with E-state index in [0.717, 1.165) is 14.4 Å². The molecule has 0 saturated heterocycles. The largest absolute Gasteiger partial charge is 0.325 e. The first-order valence-corrected chi connectivity index (χ1v) is 11.8. The van der Waals surface area contributed by atoms with Crippen LogP contribution >= 0.6 is 46.5 Å². The van der Waals surface area contributed by atoms with E-state index in [1.54, 1.807) is 60.3 Å². The van der Waals surface area contributed by atoms with Gasteiger partial charge in [0.25, 0.3) is 5.91 Å². The summed E-state index contributed by atoms with van der Waals surface area (Å²) in [5, 5.41) is 14.3. The van der Waals surface area contributed by atoms with Gasteiger partial charge in [0, 0.05) is 10.7 Å². The summed E-state index contributed by atoms with van der Waals surface area (Å²) in [5.74, 6) is 0.565. The van der Waals surface area contributed by atoms with Gasteiger partial charge < -0.3 is 10.6 Å². The van der Waals surface area contributed by atoms with E-state index in [4.69, 9.17) is 11.6 Å². The maximum Gasteiger partial charge on any atom is 0.257 e. The first-order valence-electron chi connectivity index (χ1n) is 8.60. The molecule has 6 nitrogen and oxygen atoms in total. The predicted octanol–water partition coefficient (Wildman–Crippen LogP) is 5.29. The van der Waals surface area contributed by atoms with Crippen molar-refractivity contribution < 1.29 is 9.59 Å². The van der Waals surface area contributed by atoms with E-state index in [1.165, 1.54) is 23.1 Å². The molecule has 3 rings (SSSR count). The van der Waals surface area contributed by atoms with Crippen LogP contribution in [0.15, 0.2) is 57.2 Å². The van der Waals surface area contributed by atoms with Crippen molar-refractivity contribution in [3.05, 3.63) is 59.1 Å². The van der Waals surface area contributed by atoms with E-state index in [0.29, 0.717) is 22.0 Å². The maximum absolute atomic E-state index is 12.6. The average molecular weight is 465 g/mol. The number of hydrogen-bond donors (Lipinski definition) is 2. The molecule has 0 fully saturated rings. The summed E-state index contributed by atoms with van der Waals surface area (Å²) in [4.78, 5) is 25.0. The molecular weight excluding hydrogens is 448 g/mol. The molecule has 2 amide bonds. The van der Waals surface area contributed by atoms with Gasteiger partial charge in [-0.25, -0.2) is 0 Å². The standard InChI is InChI=1S/C19H17ClN4O2S3/c1-2-27-18-23-24-19(29-18)28-11-16(25)22-15-6-4-3-5-14(15)17(26)21-13-9-7-12(20)8-10-13/h3-10H,2,11H2,1H3,(H,21,26)(H,22,25). The number of benzene rings is 2. The van der Waals surface area contributed by atoms with Crippen LogP contribution in [0.1, 0.15) is 17.3 Å². The third-order valence-corrected chi connectivity index (χ3v) is 6.85. The number of aromatic nitrogens is 2. The van der Waals surface area contributed by atoms with E-state index in [9.17, 15) is 9.59 Å². The lowest BCUT2D eigenvalue weighted by atomic mass is 10.1. The molecule has 2 aromatic carbocycles. The molecular formula is C19H17ClN4O2S3. The van der Waals surface area contributed by atoms with Gasteiger partial charge in [0.2, 0.25) is 5.91 Å². The fraction of sp³-hybridized carbons (Fsp3) is 0.158. The normalized spacial score (nSPS) is 10.6. The minimum atomic E-state index is -0.318. The second-order valence-electron chi connectivity index (χ2n) is 5.61. The van der Waals surface area contributed by atoms with Crippen LogP contribution in [0.5, 0.6) is 0 Å². The second kappa shape index (κ2) is 10.6. The van der Waals surface area contributed by atoms with Crippen molar-refractivity contribution in [2.24, 2.45) is 0 Å². The van der Waals surface area contributed by atoms with Crippen LogP contribution in [0.2, 0.25) is 5.02 Å². The second-order valence-corrected chi connectivity index (χ2v) is 9.76. The van der Waals surface area contributed by atoms with E-state index >= 15 is 0 Å². The summed E-state index contributed by atoms with van der Waals surface area (Å²) in [6, 6.07) is 13.7. The lowest BCUT2D eigenvalue weighted by Gasteiger charge is -2.11. The lowest BCUT2D eigenvalue weighted by molar-refractivity contribution is -0.113. The van der Waals surface area contributed by atoms with Gasteiger partial charge in [-0.2, -0.15) is 0 Å². The smallest absolute Gasteiger partial charge is 0.257 e. The molecule has 0 bridgehead atoms. The van der Waals surface area contributed by atoms with Crippen LogP contribution in [0.4, 0.5) is 11.4 Å². The predicted molar refractivity (Wildman–Crippen MR) is 122 cm³/mol. The Bertz CT molecular complexity index is 995. The molecule has 2 N–H and O–H groups in total. The molecule has 3 aromatic rings. The highest BCUT2D eigenvalue weighted by Crippen LogP contribution is 2.28. The van der Waals surface area contributed by atoms with E-state index in [-0.39, 0.29) is 17.6 Å². The quantitative estimate of drug-likeness (QED) is 0.441. The number of carbonyl (C=O) groups excluding carboxylic acids is 2. The van der Waals surface area contributed by atoms with Crippen LogP contribution in [0.25, 0.3) is 0 Å². The highest BCUT2D eigenvalue weighted by atomic mass is 35.5. The minimum absolute atomic E-state index is 0.179. The van der Waals surface area contributed by atoms with Crippen molar-refractivity contribution in [2.45, 2.75) is 15.6 Å². The number of anilines is 2. The molecule has 10 heteroatoms. The maximum atomic E-state index is 12.6. The van der Waals surface area contributed by atoms with E-state index in [1.807, 2.05) is 6.92 Å². The van der Waals surface area contributed by atoms with Gasteiger partial charge in [0.05, 0.1) is 17.0 Å². The molecule has 1 aromatic heterocycles. The third-order valence-electron chi connectivity index (χ3n) is 3.53. The number of amides is 2. The molecule has 0 aliphatic heterocycles. The zero-order valence-electron chi connectivity index (χ0n) is 15.3. The van der Waals surface area contributed by atoms with Crippen molar-refractivity contribution in [3.8, 4) is 0 Å². The Morgan fingerprint density at radius 1 is 1.00 bits per heavy atom. The molecule has 1 heterocycles. The fourth-order valence-electron chi connectivity index (χ4n) is 2.27. The monoisotopic (exact) mass is 464 g/mol. The zero-order valence-corrected chi connectivity index (χ0v) is 18.6. The van der Waals surface area contributed by atoms with Gasteiger partial charge in [-0.1, -0.05) is 65.5 Å². The zero-order chi connectivity index (χ0) is 20.6. The van der Waals surface area contributed by atoms with Gasteiger partial charge in [0.1, 0.15) is 0 Å². The Hall–Kier alpha value is -2.07. The minimum Gasteiger partial charge on any atom is -0.325 e. The summed E-state index contributed by atoms with van der Waals surface area (Å²) in [6.45, 7) is 2.05. The van der Waals surface area contributed by atoms with E-state index in [2.05, 4.69) is 20.8 Å². The van der Waals surface area contributed by atoms with Gasteiger partial charge in [-0.3, -0.25) is 9.59 Å². The van der Waals surface area contributed by atoms with Gasteiger partial charge in [-0.15, -0.1) is 10.2 Å². The molecule has 0 aliphatic carbocycles. The highest BCUT2D eigenvalue weighted by molar-refractivity contribution is 8.03. The van der Waals surface area contributed by atoms with Gasteiger partial charge >= 0.3 is 0 Å². The van der Waals surface area contributed by atoms with Crippen molar-refractivity contribution in [3.63, 3.8) is 0 Å². The SMILES string of the molecule is CCSc1nnc(SCC(=O)Nc2ccccc2C(=O)Nc2ccc(Cl)cc2)s1. The van der Waals surface area contributed by atoms with Crippen molar-refractivity contribution >= 4 is 69.7 Å². The number of carbonyl (C=O) groups is 2. The molecule has 0 spiro atoms. The molecule has 29 heavy (non-hydrogen) atoms. The Morgan fingerprint density at radius 3 is 2.41 bits per heavy atom. The highest BCUT2D eigenvalue weighted by Gasteiger charge is 2.14. The van der Waals surface area contributed by atoms with Crippen molar-refractivity contribution in [2.75, 3.05) is 22.1 Å². The first-order chi connectivity index (χ1) is 14.0. The average Bonchev–Trinajstić information content (AvgIpc) is 3.16. The number of rotatable bonds is 8. The molecule has 0 saturated carbocycles. The van der Waals surface area contributed by atoms with Crippen molar-refractivity contribution in [1.82, 2.24) is 10.2 Å². The fourth-order valence-corrected chi connectivity index (χ4v) is 5.12. The Balaban J connectivity index is 1.60. The summed E-state index contributed by atoms with van der Waals surface area (Å²) in [5.41, 5.74) is 1.44. The number of nitrogens with one attached hydrogen (secondary N) is 2. The van der Waals surface area contributed by atoms with Gasteiger partial charge in [0.15, 0.2) is 8.68 Å². The summed E-state index contributed by atoms with van der Waals surface area (Å²) in [7, 11) is 0. The number of nitrogens with zero attached hydrogens (tertiary/aromatic N) is 2. The molecule has 150 valence electrons. The van der Waals surface area contributed by atoms with Crippen LogP contribution in [0, 0.1) is 0 Å². The summed E-state index contributed by atoms with van der Waals surface area (Å²) >= 11 is 10.3. The van der Waals surface area contributed by atoms with Crippen LogP contribution < -0.4 is 10.6 Å². The first kappa shape index (κ1) is 21.6. The third kappa shape index (κ3) is 6.46. The summed E-state index contributed by atoms with van der Waals surface area (Å²) < 4.78 is 1.63. The molecule has 0 unspecified atom stereocenters. The molecule has 0 radical (unpaired) electrons. The topological polar surface area (TPSA) is 84.0 Å². The number of halogens is 1. The Morgan fingerprint density at radius 2 is 1.69 bits per heavy atom. The van der Waals surface area contributed by atoms with Crippen LogP contribution in [-0.4, -0.2) is 33.5 Å².